The van der Waals surface area contributed by atoms with Crippen LogP contribution in [0.5, 0.6) is 0 Å². The molecule has 0 aliphatic carbocycles. The monoisotopic (exact) mass is 425 g/mol. The molecule has 0 aliphatic heterocycles. The summed E-state index contributed by atoms with van der Waals surface area (Å²) in [4.78, 5) is 3.50. The summed E-state index contributed by atoms with van der Waals surface area (Å²) >= 11 is 0. The van der Waals surface area contributed by atoms with E-state index in [-0.39, 0.29) is 0 Å². The van der Waals surface area contributed by atoms with Crippen LogP contribution in [0.15, 0.2) is 103 Å². The minimum absolute atomic E-state index is 0.668. The maximum atomic E-state index is 13.0. The fraction of sp³-hybridized carbons (Fsp3) is 0.143. The number of para-hydroxylation sites is 2. The van der Waals surface area contributed by atoms with Gasteiger partial charge < -0.3 is 9.55 Å². The maximum absolute atomic E-state index is 13.0. The lowest BCUT2D eigenvalue weighted by Crippen LogP contribution is -2.17. The fourth-order valence-electron chi connectivity index (χ4n) is 4.08. The van der Waals surface area contributed by atoms with Crippen LogP contribution in [0.25, 0.3) is 21.8 Å². The highest BCUT2D eigenvalue weighted by Crippen LogP contribution is 2.42. The Kier molecular flexibility index (Phi) is 6.39. The third-order valence-corrected chi connectivity index (χ3v) is 8.96. The van der Waals surface area contributed by atoms with E-state index in [9.17, 15) is 4.57 Å². The summed E-state index contributed by atoms with van der Waals surface area (Å²) < 4.78 is 13.0. The Morgan fingerprint density at radius 1 is 0.645 bits per heavy atom. The summed E-state index contributed by atoms with van der Waals surface area (Å²) in [5.74, 6) is 0. The summed E-state index contributed by atoms with van der Waals surface area (Å²) in [7, 11) is -2.40. The smallest absolute Gasteiger partial charge is 0.142 e. The van der Waals surface area contributed by atoms with Crippen molar-refractivity contribution in [1.29, 1.82) is 0 Å². The number of aromatic nitrogens is 1. The molecule has 0 saturated carbocycles. The number of rotatable bonds is 4. The van der Waals surface area contributed by atoms with E-state index in [0.29, 0.717) is 6.16 Å². The fourth-order valence-corrected chi connectivity index (χ4v) is 6.42. The second-order valence-corrected chi connectivity index (χ2v) is 10.7. The minimum Gasteiger partial charge on any atom is -0.354 e. The number of fused-ring (bicyclic) bond motifs is 3. The lowest BCUT2D eigenvalue weighted by Gasteiger charge is -2.16. The van der Waals surface area contributed by atoms with E-state index in [1.807, 2.05) is 67.6 Å². The van der Waals surface area contributed by atoms with Gasteiger partial charge in [0.2, 0.25) is 0 Å². The Morgan fingerprint density at radius 2 is 1.19 bits per heavy atom. The number of nitrogens with one attached hydrogen (secondary N) is 1. The number of H-pyrrole nitrogens is 1. The van der Waals surface area contributed by atoms with Gasteiger partial charge in [0.25, 0.3) is 0 Å². The van der Waals surface area contributed by atoms with Gasteiger partial charge in [-0.2, -0.15) is 0 Å². The Morgan fingerprint density at radius 3 is 1.77 bits per heavy atom. The second-order valence-electron chi connectivity index (χ2n) is 7.59. The Bertz CT molecular complexity index is 1280. The zero-order valence-corrected chi connectivity index (χ0v) is 19.0. The number of aromatic amines is 1. The van der Waals surface area contributed by atoms with Crippen LogP contribution in [0.4, 0.5) is 0 Å². The molecule has 0 bridgehead atoms. The third-order valence-electron chi connectivity index (χ3n) is 5.80. The van der Waals surface area contributed by atoms with Gasteiger partial charge in [0.15, 0.2) is 0 Å². The topological polar surface area (TPSA) is 32.9 Å². The SMILES string of the molecule is CCP(=O)(c1ccccc1)c1ccccc1.CCc1cccc2c1[nH]c1ccccc12. The normalized spacial score (nSPS) is 11.3. The van der Waals surface area contributed by atoms with E-state index >= 15 is 0 Å². The molecule has 1 heterocycles. The molecule has 4 aromatic carbocycles. The van der Waals surface area contributed by atoms with Gasteiger partial charge in [0, 0.05) is 38.6 Å². The van der Waals surface area contributed by atoms with Gasteiger partial charge in [-0.25, -0.2) is 0 Å². The molecule has 1 aromatic heterocycles. The van der Waals surface area contributed by atoms with Crippen LogP contribution in [0, 0.1) is 0 Å². The molecule has 156 valence electrons. The second kappa shape index (κ2) is 9.37. The summed E-state index contributed by atoms with van der Waals surface area (Å²) in [5.41, 5.74) is 3.92. The van der Waals surface area contributed by atoms with Crippen molar-refractivity contribution in [2.24, 2.45) is 0 Å². The van der Waals surface area contributed by atoms with E-state index < -0.39 is 7.14 Å². The van der Waals surface area contributed by atoms with Crippen LogP contribution in [-0.4, -0.2) is 11.1 Å². The molecule has 2 nitrogen and oxygen atoms in total. The van der Waals surface area contributed by atoms with Crippen LogP contribution < -0.4 is 10.6 Å². The van der Waals surface area contributed by atoms with Crippen LogP contribution in [0.2, 0.25) is 0 Å². The van der Waals surface area contributed by atoms with E-state index in [4.69, 9.17) is 0 Å². The largest absolute Gasteiger partial charge is 0.354 e. The molecule has 3 heteroatoms. The Labute approximate surface area is 184 Å². The molecule has 0 amide bonds. The molecule has 0 saturated heterocycles. The van der Waals surface area contributed by atoms with Crippen molar-refractivity contribution in [1.82, 2.24) is 4.98 Å². The van der Waals surface area contributed by atoms with E-state index in [1.54, 1.807) is 0 Å². The maximum Gasteiger partial charge on any atom is 0.142 e. The average Bonchev–Trinajstić information content (AvgIpc) is 3.24. The highest BCUT2D eigenvalue weighted by atomic mass is 31.2. The van der Waals surface area contributed by atoms with Crippen molar-refractivity contribution in [3.8, 4) is 0 Å². The molecule has 0 spiro atoms. The molecule has 5 rings (SSSR count). The molecular formula is C28H28NOP. The molecule has 0 fully saturated rings. The molecule has 0 atom stereocenters. The lowest BCUT2D eigenvalue weighted by molar-refractivity contribution is 0.587. The van der Waals surface area contributed by atoms with Crippen molar-refractivity contribution >= 4 is 39.6 Å². The summed E-state index contributed by atoms with van der Waals surface area (Å²) in [6, 6.07) is 34.5. The van der Waals surface area contributed by atoms with Crippen LogP contribution in [0.3, 0.4) is 0 Å². The van der Waals surface area contributed by atoms with Gasteiger partial charge in [-0.1, -0.05) is 111 Å². The van der Waals surface area contributed by atoms with E-state index in [0.717, 1.165) is 17.0 Å². The Balaban J connectivity index is 0.000000149. The molecule has 0 aliphatic rings. The number of aryl methyl sites for hydroxylation is 1. The van der Waals surface area contributed by atoms with Gasteiger partial charge in [0.05, 0.1) is 0 Å². The van der Waals surface area contributed by atoms with Gasteiger partial charge in [-0.15, -0.1) is 0 Å². The molecule has 1 N–H and O–H groups in total. The first-order valence-corrected chi connectivity index (χ1v) is 12.7. The molecule has 0 radical (unpaired) electrons. The highest BCUT2D eigenvalue weighted by Gasteiger charge is 2.24. The van der Waals surface area contributed by atoms with E-state index in [2.05, 4.69) is 54.4 Å². The van der Waals surface area contributed by atoms with Gasteiger partial charge >= 0.3 is 0 Å². The molecule has 5 aromatic rings. The van der Waals surface area contributed by atoms with Gasteiger partial charge in [0.1, 0.15) is 7.14 Å². The molecule has 0 unspecified atom stereocenters. The van der Waals surface area contributed by atoms with Crippen LogP contribution in [-0.2, 0) is 11.0 Å². The van der Waals surface area contributed by atoms with Crippen LogP contribution in [0.1, 0.15) is 19.4 Å². The van der Waals surface area contributed by atoms with Gasteiger partial charge in [-0.3, -0.25) is 0 Å². The molecular weight excluding hydrogens is 397 g/mol. The summed E-state index contributed by atoms with van der Waals surface area (Å²) in [6.45, 7) is 4.18. The first kappa shape index (κ1) is 21.2. The number of hydrogen-bond donors (Lipinski definition) is 1. The predicted molar refractivity (Wildman–Crippen MR) is 135 cm³/mol. The van der Waals surface area contributed by atoms with E-state index in [1.165, 1.54) is 27.4 Å². The predicted octanol–water partition coefficient (Wildman–Crippen LogP) is 6.90. The zero-order valence-electron chi connectivity index (χ0n) is 18.1. The van der Waals surface area contributed by atoms with Crippen molar-refractivity contribution < 1.29 is 4.57 Å². The van der Waals surface area contributed by atoms with Crippen LogP contribution >= 0.6 is 7.14 Å². The van der Waals surface area contributed by atoms with Crippen molar-refractivity contribution in [3.05, 3.63) is 109 Å². The van der Waals surface area contributed by atoms with Crippen molar-refractivity contribution in [3.63, 3.8) is 0 Å². The summed E-state index contributed by atoms with van der Waals surface area (Å²) in [6.07, 6.45) is 1.74. The highest BCUT2D eigenvalue weighted by molar-refractivity contribution is 7.78. The third kappa shape index (κ3) is 4.22. The van der Waals surface area contributed by atoms with Crippen molar-refractivity contribution in [2.45, 2.75) is 20.3 Å². The first-order valence-electron chi connectivity index (χ1n) is 10.9. The summed E-state index contributed by atoms with van der Waals surface area (Å²) in [5, 5.41) is 4.56. The standard InChI is InChI=1S/C14H13N.C14H15OP/c1-2-10-6-5-8-12-11-7-3-4-9-13(11)15-14(10)12;1-2-16(15,13-9-5-3-6-10-13)14-11-7-4-8-12-14/h3-9,15H,2H2,1H3;3-12H,2H2,1H3. The number of benzene rings is 4. The van der Waals surface area contributed by atoms with Gasteiger partial charge in [-0.05, 0) is 18.1 Å². The Hall–Kier alpha value is -3.09. The average molecular weight is 426 g/mol. The van der Waals surface area contributed by atoms with Crippen molar-refractivity contribution in [2.75, 3.05) is 6.16 Å². The quantitative estimate of drug-likeness (QED) is 0.312. The molecule has 31 heavy (non-hydrogen) atoms. The minimum atomic E-state index is -2.40. The first-order chi connectivity index (χ1) is 15.2. The lowest BCUT2D eigenvalue weighted by atomic mass is 10.1. The zero-order chi connectivity index (χ0) is 21.7. The number of hydrogen-bond acceptors (Lipinski definition) is 1.